The molecule has 3 saturated heterocycles. The minimum Gasteiger partial charge on any atom is -0.497 e. The van der Waals surface area contributed by atoms with Crippen LogP contribution in [0.1, 0.15) is 48.2 Å². The molecule has 4 heterocycles. The Morgan fingerprint density at radius 2 is 2.03 bits per heavy atom. The summed E-state index contributed by atoms with van der Waals surface area (Å²) in [5.41, 5.74) is 2.35. The standard InChI is InChI=1S/C27H29ClN2O3/c1-3-17-16-30-13-11-19(17)14-25(30)26(33-27(31)18-4-6-20(28)7-5-18)22-10-12-29-24-9-8-21(32-2)15-23(22)24/h4-10,12,15,17,19,25-26H,3,11,13-14,16H2,1-2H3/t17?,19?,25?,26-/m1/s1. The quantitative estimate of drug-likeness (QED) is 0.424. The zero-order chi connectivity index (χ0) is 22.9. The first kappa shape index (κ1) is 22.2. The molecule has 2 aromatic carbocycles. The predicted octanol–water partition coefficient (Wildman–Crippen LogP) is 5.92. The van der Waals surface area contributed by atoms with Gasteiger partial charge >= 0.3 is 5.97 Å². The van der Waals surface area contributed by atoms with Gasteiger partial charge in [-0.15, -0.1) is 0 Å². The van der Waals surface area contributed by atoms with Gasteiger partial charge in [0, 0.05) is 28.7 Å². The lowest BCUT2D eigenvalue weighted by Gasteiger charge is -2.51. The zero-order valence-corrected chi connectivity index (χ0v) is 19.8. The molecule has 0 radical (unpaired) electrons. The summed E-state index contributed by atoms with van der Waals surface area (Å²) in [7, 11) is 1.66. The molecule has 5 atom stereocenters. The van der Waals surface area contributed by atoms with Gasteiger partial charge in [-0.25, -0.2) is 4.79 Å². The highest BCUT2D eigenvalue weighted by molar-refractivity contribution is 6.30. The lowest BCUT2D eigenvalue weighted by molar-refractivity contribution is -0.0659. The Morgan fingerprint density at radius 1 is 1.21 bits per heavy atom. The number of esters is 1. The molecular formula is C27H29ClN2O3. The third-order valence-electron chi connectivity index (χ3n) is 7.41. The van der Waals surface area contributed by atoms with Gasteiger partial charge in [0.2, 0.25) is 0 Å². The van der Waals surface area contributed by atoms with Crippen molar-refractivity contribution < 1.29 is 14.3 Å². The molecule has 5 nitrogen and oxygen atoms in total. The van der Waals surface area contributed by atoms with Crippen LogP contribution in [0.25, 0.3) is 10.9 Å². The molecule has 6 rings (SSSR count). The topological polar surface area (TPSA) is 51.7 Å². The number of halogens is 1. The highest BCUT2D eigenvalue weighted by Crippen LogP contribution is 2.44. The van der Waals surface area contributed by atoms with Crippen molar-refractivity contribution in [2.24, 2.45) is 11.8 Å². The second-order valence-electron chi connectivity index (χ2n) is 9.13. The monoisotopic (exact) mass is 464 g/mol. The Balaban J connectivity index is 1.55. The molecule has 4 unspecified atom stereocenters. The lowest BCUT2D eigenvalue weighted by atomic mass is 9.72. The van der Waals surface area contributed by atoms with Gasteiger partial charge in [0.1, 0.15) is 11.9 Å². The van der Waals surface area contributed by atoms with Gasteiger partial charge < -0.3 is 9.47 Å². The van der Waals surface area contributed by atoms with Gasteiger partial charge in [0.05, 0.1) is 24.2 Å². The molecule has 2 bridgehead atoms. The molecule has 3 fully saturated rings. The summed E-state index contributed by atoms with van der Waals surface area (Å²) in [5.74, 6) is 1.82. The van der Waals surface area contributed by atoms with Crippen LogP contribution in [0.2, 0.25) is 5.02 Å². The highest BCUT2D eigenvalue weighted by atomic mass is 35.5. The molecule has 1 aromatic heterocycles. The maximum Gasteiger partial charge on any atom is 0.338 e. The molecule has 3 aliphatic heterocycles. The summed E-state index contributed by atoms with van der Waals surface area (Å²) in [4.78, 5) is 20.3. The molecule has 6 heteroatoms. The third-order valence-corrected chi connectivity index (χ3v) is 7.66. The van der Waals surface area contributed by atoms with Crippen LogP contribution < -0.4 is 4.74 Å². The summed E-state index contributed by atoms with van der Waals surface area (Å²) in [6, 6.07) is 14.9. The van der Waals surface area contributed by atoms with E-state index in [9.17, 15) is 4.79 Å². The summed E-state index contributed by atoms with van der Waals surface area (Å²) in [6.45, 7) is 4.39. The van der Waals surface area contributed by atoms with Crippen molar-refractivity contribution >= 4 is 28.5 Å². The lowest BCUT2D eigenvalue weighted by Crippen LogP contribution is -2.55. The number of benzene rings is 2. The van der Waals surface area contributed by atoms with E-state index in [1.165, 1.54) is 12.8 Å². The predicted molar refractivity (Wildman–Crippen MR) is 130 cm³/mol. The molecule has 3 aromatic rings. The first-order valence-electron chi connectivity index (χ1n) is 11.7. The third kappa shape index (κ3) is 4.32. The minimum atomic E-state index is -0.397. The van der Waals surface area contributed by atoms with Crippen LogP contribution in [0, 0.1) is 11.8 Å². The fraction of sp³-hybridized carbons (Fsp3) is 0.407. The summed E-state index contributed by atoms with van der Waals surface area (Å²) in [5, 5.41) is 1.55. The van der Waals surface area contributed by atoms with Gasteiger partial charge in [-0.2, -0.15) is 0 Å². The van der Waals surface area contributed by atoms with Crippen LogP contribution in [-0.4, -0.2) is 42.1 Å². The van der Waals surface area contributed by atoms with E-state index in [0.717, 1.165) is 47.6 Å². The van der Waals surface area contributed by atoms with Crippen molar-refractivity contribution in [3.8, 4) is 5.75 Å². The van der Waals surface area contributed by atoms with Gasteiger partial charge in [-0.05, 0) is 79.8 Å². The molecule has 0 amide bonds. The summed E-state index contributed by atoms with van der Waals surface area (Å²) >= 11 is 6.03. The van der Waals surface area contributed by atoms with Gasteiger partial charge in [0.25, 0.3) is 0 Å². The van der Waals surface area contributed by atoms with Crippen molar-refractivity contribution in [2.45, 2.75) is 38.3 Å². The van der Waals surface area contributed by atoms with E-state index in [-0.39, 0.29) is 12.0 Å². The van der Waals surface area contributed by atoms with Crippen molar-refractivity contribution in [3.05, 3.63) is 70.9 Å². The molecule has 0 N–H and O–H groups in total. The second-order valence-corrected chi connectivity index (χ2v) is 9.57. The average molecular weight is 465 g/mol. The number of carbonyl (C=O) groups excluding carboxylic acids is 1. The largest absolute Gasteiger partial charge is 0.497 e. The van der Waals surface area contributed by atoms with E-state index in [0.29, 0.717) is 16.5 Å². The molecule has 3 aliphatic rings. The number of nitrogens with zero attached hydrogens (tertiary/aromatic N) is 2. The fourth-order valence-electron chi connectivity index (χ4n) is 5.60. The second kappa shape index (κ2) is 9.32. The Morgan fingerprint density at radius 3 is 2.73 bits per heavy atom. The number of methoxy groups -OCH3 is 1. The summed E-state index contributed by atoms with van der Waals surface area (Å²) in [6.07, 6.45) is 4.85. The number of ether oxygens (including phenoxy) is 2. The number of hydrogen-bond acceptors (Lipinski definition) is 5. The summed E-state index contributed by atoms with van der Waals surface area (Å²) < 4.78 is 11.8. The van der Waals surface area contributed by atoms with Crippen molar-refractivity contribution in [1.29, 1.82) is 0 Å². The number of pyridine rings is 1. The molecule has 33 heavy (non-hydrogen) atoms. The first-order valence-corrected chi connectivity index (χ1v) is 12.1. The van der Waals surface area contributed by atoms with E-state index in [2.05, 4.69) is 16.8 Å². The van der Waals surface area contributed by atoms with E-state index in [4.69, 9.17) is 21.1 Å². The fourth-order valence-corrected chi connectivity index (χ4v) is 5.72. The maximum atomic E-state index is 13.2. The smallest absolute Gasteiger partial charge is 0.338 e. The SMILES string of the molecule is CCC1CN2CCC1CC2[C@H](OC(=O)c1ccc(Cl)cc1)c1ccnc2ccc(OC)cc12. The van der Waals surface area contributed by atoms with Crippen LogP contribution in [0.4, 0.5) is 0 Å². The Kier molecular flexibility index (Phi) is 6.26. The number of piperidine rings is 3. The molecule has 172 valence electrons. The first-order chi connectivity index (χ1) is 16.1. The Labute approximate surface area is 199 Å². The van der Waals surface area contributed by atoms with Gasteiger partial charge in [-0.3, -0.25) is 9.88 Å². The highest BCUT2D eigenvalue weighted by Gasteiger charge is 2.44. The van der Waals surface area contributed by atoms with Gasteiger partial charge in [-0.1, -0.05) is 24.9 Å². The average Bonchev–Trinajstić information content (AvgIpc) is 2.87. The van der Waals surface area contributed by atoms with Gasteiger partial charge in [0.15, 0.2) is 0 Å². The number of carbonyl (C=O) groups is 1. The Bertz CT molecular complexity index is 1150. The number of fused-ring (bicyclic) bond motifs is 4. The van der Waals surface area contributed by atoms with Crippen LogP contribution in [0.3, 0.4) is 0 Å². The normalized spacial score (nSPS) is 25.1. The van der Waals surface area contributed by atoms with Crippen LogP contribution in [0.5, 0.6) is 5.75 Å². The van der Waals surface area contributed by atoms with E-state index < -0.39 is 6.10 Å². The van der Waals surface area contributed by atoms with E-state index >= 15 is 0 Å². The molecule has 0 spiro atoms. The zero-order valence-electron chi connectivity index (χ0n) is 19.0. The molecule has 0 aliphatic carbocycles. The van der Waals surface area contributed by atoms with Crippen molar-refractivity contribution in [1.82, 2.24) is 9.88 Å². The Hall–Kier alpha value is -2.63. The van der Waals surface area contributed by atoms with Crippen LogP contribution >= 0.6 is 11.6 Å². The van der Waals surface area contributed by atoms with Crippen LogP contribution in [0.15, 0.2) is 54.7 Å². The van der Waals surface area contributed by atoms with E-state index in [1.54, 1.807) is 37.6 Å². The van der Waals surface area contributed by atoms with E-state index in [1.807, 2.05) is 24.3 Å². The number of aromatic nitrogens is 1. The number of rotatable bonds is 6. The minimum absolute atomic E-state index is 0.139. The number of hydrogen-bond donors (Lipinski definition) is 0. The van der Waals surface area contributed by atoms with Crippen LogP contribution in [-0.2, 0) is 4.74 Å². The molecule has 0 saturated carbocycles. The molecular weight excluding hydrogens is 436 g/mol. The van der Waals surface area contributed by atoms with Crippen molar-refractivity contribution in [2.75, 3.05) is 20.2 Å². The maximum absolute atomic E-state index is 13.2. The van der Waals surface area contributed by atoms with Crippen molar-refractivity contribution in [3.63, 3.8) is 0 Å².